The zero-order valence-corrected chi connectivity index (χ0v) is 7.61. The number of hydrogen-bond acceptors (Lipinski definition) is 2. The van der Waals surface area contributed by atoms with Crippen LogP contribution in [0.2, 0.25) is 0 Å². The topological polar surface area (TPSA) is 64.4 Å². The predicted molar refractivity (Wildman–Crippen MR) is 56.0 cm³/mol. The lowest BCUT2D eigenvalue weighted by molar-refractivity contribution is 0.872. The van der Waals surface area contributed by atoms with Gasteiger partial charge in [0.15, 0.2) is 0 Å². The van der Waals surface area contributed by atoms with Crippen molar-refractivity contribution in [1.29, 1.82) is 0 Å². The molecule has 0 aliphatic rings. The molecule has 0 aromatic heterocycles. The van der Waals surface area contributed by atoms with Gasteiger partial charge in [-0.3, -0.25) is 0 Å². The minimum atomic E-state index is 0.650. The number of hydrogen-bond donors (Lipinski definition) is 2. The second kappa shape index (κ2) is 5.32. The van der Waals surface area contributed by atoms with E-state index in [-0.39, 0.29) is 0 Å². The van der Waals surface area contributed by atoms with Gasteiger partial charge in [-0.1, -0.05) is 18.2 Å². The summed E-state index contributed by atoms with van der Waals surface area (Å²) in [6.45, 7) is 0.658. The van der Waals surface area contributed by atoms with Gasteiger partial charge < -0.3 is 11.5 Å². The molecule has 1 aromatic carbocycles. The molecule has 0 amide bonds. The van der Waals surface area contributed by atoms with Crippen molar-refractivity contribution in [2.75, 3.05) is 6.54 Å². The van der Waals surface area contributed by atoms with Crippen molar-refractivity contribution in [3.8, 4) is 0 Å². The lowest BCUT2D eigenvalue weighted by atomic mass is 10.3. The number of nitrogens with zero attached hydrogens (tertiary/aromatic N) is 1. The quantitative estimate of drug-likeness (QED) is 0.539. The zero-order valence-electron chi connectivity index (χ0n) is 7.61. The van der Waals surface area contributed by atoms with E-state index in [2.05, 4.69) is 4.99 Å². The molecule has 3 heteroatoms. The number of rotatable bonds is 4. The van der Waals surface area contributed by atoms with Gasteiger partial charge in [-0.15, -0.1) is 0 Å². The number of nitrogens with two attached hydrogens (primary N) is 2. The van der Waals surface area contributed by atoms with Crippen LogP contribution in [0.5, 0.6) is 0 Å². The van der Waals surface area contributed by atoms with Crippen molar-refractivity contribution in [1.82, 2.24) is 0 Å². The van der Waals surface area contributed by atoms with E-state index in [1.807, 2.05) is 30.3 Å². The molecule has 0 atom stereocenters. The molecule has 3 nitrogen and oxygen atoms in total. The molecule has 4 N–H and O–H groups in total. The predicted octanol–water partition coefficient (Wildman–Crippen LogP) is 1.41. The molecule has 0 fully saturated rings. The Morgan fingerprint density at radius 1 is 1.23 bits per heavy atom. The molecule has 0 unspecified atom stereocenters. The molecule has 1 rings (SSSR count). The smallest absolute Gasteiger partial charge is 0.0996 e. The average molecular weight is 177 g/mol. The Bertz CT molecular complexity index is 267. The van der Waals surface area contributed by atoms with Gasteiger partial charge in [-0.2, -0.15) is 0 Å². The second-order valence-corrected chi connectivity index (χ2v) is 2.83. The van der Waals surface area contributed by atoms with E-state index in [0.29, 0.717) is 12.4 Å². The van der Waals surface area contributed by atoms with E-state index in [4.69, 9.17) is 11.5 Å². The minimum absolute atomic E-state index is 0.650. The fraction of sp³-hybridized carbons (Fsp3) is 0.300. The van der Waals surface area contributed by atoms with E-state index in [9.17, 15) is 0 Å². The van der Waals surface area contributed by atoms with Gasteiger partial charge in [0.25, 0.3) is 0 Å². The number of amidine groups is 1. The summed E-state index contributed by atoms with van der Waals surface area (Å²) in [5.74, 6) is 0.650. The zero-order chi connectivity index (χ0) is 9.52. The largest absolute Gasteiger partial charge is 0.387 e. The molecule has 0 radical (unpaired) electrons. The SMILES string of the molecule is NCCC/C(N)=N/c1ccccc1. The Labute approximate surface area is 78.5 Å². The van der Waals surface area contributed by atoms with Crippen molar-refractivity contribution < 1.29 is 0 Å². The summed E-state index contributed by atoms with van der Waals surface area (Å²) in [7, 11) is 0. The van der Waals surface area contributed by atoms with Gasteiger partial charge in [0.1, 0.15) is 0 Å². The summed E-state index contributed by atoms with van der Waals surface area (Å²) in [6.07, 6.45) is 1.66. The van der Waals surface area contributed by atoms with Crippen LogP contribution in [0.3, 0.4) is 0 Å². The molecule has 13 heavy (non-hydrogen) atoms. The maximum atomic E-state index is 5.69. The van der Waals surface area contributed by atoms with Crippen LogP contribution in [0.25, 0.3) is 0 Å². The van der Waals surface area contributed by atoms with Crippen LogP contribution in [-0.4, -0.2) is 12.4 Å². The monoisotopic (exact) mass is 177 g/mol. The van der Waals surface area contributed by atoms with Gasteiger partial charge in [-0.05, 0) is 25.1 Å². The molecular formula is C10H15N3. The van der Waals surface area contributed by atoms with Gasteiger partial charge in [0, 0.05) is 6.42 Å². The molecule has 0 saturated carbocycles. The maximum absolute atomic E-state index is 5.69. The third-order valence-electron chi connectivity index (χ3n) is 1.67. The molecular weight excluding hydrogens is 162 g/mol. The highest BCUT2D eigenvalue weighted by Gasteiger charge is 1.92. The van der Waals surface area contributed by atoms with E-state index < -0.39 is 0 Å². The van der Waals surface area contributed by atoms with Crippen LogP contribution in [0.15, 0.2) is 35.3 Å². The molecule has 1 aromatic rings. The van der Waals surface area contributed by atoms with Crippen LogP contribution in [0.1, 0.15) is 12.8 Å². The summed E-state index contributed by atoms with van der Waals surface area (Å²) in [5, 5.41) is 0. The van der Waals surface area contributed by atoms with Crippen LogP contribution in [0, 0.1) is 0 Å². The maximum Gasteiger partial charge on any atom is 0.0996 e. The van der Waals surface area contributed by atoms with Gasteiger partial charge >= 0.3 is 0 Å². The Morgan fingerprint density at radius 2 is 1.92 bits per heavy atom. The number of benzene rings is 1. The fourth-order valence-electron chi connectivity index (χ4n) is 1.01. The Morgan fingerprint density at radius 3 is 2.54 bits per heavy atom. The molecule has 0 heterocycles. The van der Waals surface area contributed by atoms with Crippen molar-refractivity contribution in [3.63, 3.8) is 0 Å². The minimum Gasteiger partial charge on any atom is -0.387 e. The molecule has 0 spiro atoms. The van der Waals surface area contributed by atoms with Gasteiger partial charge in [-0.25, -0.2) is 4.99 Å². The first-order chi connectivity index (χ1) is 6.33. The highest BCUT2D eigenvalue weighted by Crippen LogP contribution is 2.09. The summed E-state index contributed by atoms with van der Waals surface area (Å²) < 4.78 is 0. The third kappa shape index (κ3) is 3.71. The fourth-order valence-corrected chi connectivity index (χ4v) is 1.01. The highest BCUT2D eigenvalue weighted by atomic mass is 14.9. The lowest BCUT2D eigenvalue weighted by Crippen LogP contribution is -2.13. The van der Waals surface area contributed by atoms with Crippen LogP contribution >= 0.6 is 0 Å². The van der Waals surface area contributed by atoms with Crippen LogP contribution in [0.4, 0.5) is 5.69 Å². The summed E-state index contributed by atoms with van der Waals surface area (Å²) in [5.41, 5.74) is 11.9. The summed E-state index contributed by atoms with van der Waals surface area (Å²) in [4.78, 5) is 4.24. The average Bonchev–Trinajstić information content (AvgIpc) is 2.16. The van der Waals surface area contributed by atoms with Gasteiger partial charge in [0.05, 0.1) is 11.5 Å². The second-order valence-electron chi connectivity index (χ2n) is 2.83. The Balaban J connectivity index is 2.55. The van der Waals surface area contributed by atoms with Gasteiger partial charge in [0.2, 0.25) is 0 Å². The normalized spacial score (nSPS) is 11.6. The first-order valence-electron chi connectivity index (χ1n) is 4.41. The van der Waals surface area contributed by atoms with Crippen molar-refractivity contribution in [2.24, 2.45) is 16.5 Å². The number of aliphatic imine (C=N–C) groups is 1. The number of para-hydroxylation sites is 1. The summed E-state index contributed by atoms with van der Waals surface area (Å²) >= 11 is 0. The van der Waals surface area contributed by atoms with Crippen molar-refractivity contribution in [3.05, 3.63) is 30.3 Å². The van der Waals surface area contributed by atoms with E-state index in [0.717, 1.165) is 18.5 Å². The first kappa shape index (κ1) is 9.74. The Kier molecular flexibility index (Phi) is 3.99. The molecule has 0 saturated heterocycles. The van der Waals surface area contributed by atoms with E-state index >= 15 is 0 Å². The summed E-state index contributed by atoms with van der Waals surface area (Å²) in [6, 6.07) is 9.68. The molecule has 0 aliphatic carbocycles. The molecule has 0 bridgehead atoms. The van der Waals surface area contributed by atoms with Crippen molar-refractivity contribution in [2.45, 2.75) is 12.8 Å². The standard InChI is InChI=1S/C10H15N3/c11-8-4-7-10(12)13-9-5-2-1-3-6-9/h1-3,5-6H,4,7-8,11H2,(H2,12,13). The first-order valence-corrected chi connectivity index (χ1v) is 4.41. The van der Waals surface area contributed by atoms with Crippen LogP contribution < -0.4 is 11.5 Å². The van der Waals surface area contributed by atoms with E-state index in [1.54, 1.807) is 0 Å². The highest BCUT2D eigenvalue weighted by molar-refractivity contribution is 5.82. The lowest BCUT2D eigenvalue weighted by Gasteiger charge is -1.98. The third-order valence-corrected chi connectivity index (χ3v) is 1.67. The molecule has 0 aliphatic heterocycles. The van der Waals surface area contributed by atoms with Crippen molar-refractivity contribution >= 4 is 11.5 Å². The van der Waals surface area contributed by atoms with E-state index in [1.165, 1.54) is 0 Å². The van der Waals surface area contributed by atoms with Crippen LogP contribution in [-0.2, 0) is 0 Å². The Hall–Kier alpha value is -1.35. The molecule has 70 valence electrons.